The van der Waals surface area contributed by atoms with E-state index in [0.717, 1.165) is 5.76 Å². The Morgan fingerprint density at radius 1 is 1.57 bits per heavy atom. The molecule has 1 aliphatic heterocycles. The summed E-state index contributed by atoms with van der Waals surface area (Å²) in [6.07, 6.45) is 2.58. The van der Waals surface area contributed by atoms with Gasteiger partial charge in [-0.25, -0.2) is 0 Å². The fraction of sp³-hybridized carbons (Fsp3) is 0.600. The minimum Gasteiger partial charge on any atom is -0.491 e. The highest BCUT2D eigenvalue weighted by atomic mass is 16.6. The third kappa shape index (κ3) is 1.11. The molecule has 0 spiro atoms. The molecular formula is C5H7O2. The first kappa shape index (κ1) is 4.50. The Kier molecular flexibility index (Phi) is 1.20. The van der Waals surface area contributed by atoms with Gasteiger partial charge < -0.3 is 9.47 Å². The first-order chi connectivity index (χ1) is 3.39. The number of hydrogen-bond acceptors (Lipinski definition) is 2. The normalized spacial score (nSPS) is 19.3. The third-order valence-corrected chi connectivity index (χ3v) is 0.720. The van der Waals surface area contributed by atoms with Crippen molar-refractivity contribution < 1.29 is 9.47 Å². The lowest BCUT2D eigenvalue weighted by molar-refractivity contribution is 0.0727. The zero-order chi connectivity index (χ0) is 5.11. The molecule has 0 saturated carbocycles. The van der Waals surface area contributed by atoms with Gasteiger partial charge in [-0.2, -0.15) is 0 Å². The van der Waals surface area contributed by atoms with E-state index in [1.54, 1.807) is 0 Å². The average Bonchev–Trinajstić information content (AvgIpc) is 1.69. The largest absolute Gasteiger partial charge is 0.491 e. The Morgan fingerprint density at radius 3 is 2.71 bits per heavy atom. The summed E-state index contributed by atoms with van der Waals surface area (Å²) in [7, 11) is 0. The van der Waals surface area contributed by atoms with Gasteiger partial charge in [-0.05, 0) is 6.92 Å². The van der Waals surface area contributed by atoms with Crippen LogP contribution in [0.2, 0.25) is 0 Å². The molecule has 1 radical (unpaired) electrons. The van der Waals surface area contributed by atoms with Crippen molar-refractivity contribution in [3.8, 4) is 0 Å². The second kappa shape index (κ2) is 1.87. The van der Waals surface area contributed by atoms with E-state index in [2.05, 4.69) is 6.26 Å². The summed E-state index contributed by atoms with van der Waals surface area (Å²) in [5, 5.41) is 0. The molecule has 2 heteroatoms. The Bertz CT molecular complexity index is 86.1. The van der Waals surface area contributed by atoms with E-state index in [9.17, 15) is 0 Å². The maximum Gasteiger partial charge on any atom is 0.202 e. The van der Waals surface area contributed by atoms with Crippen molar-refractivity contribution >= 4 is 0 Å². The van der Waals surface area contributed by atoms with E-state index in [0.29, 0.717) is 13.2 Å². The van der Waals surface area contributed by atoms with Crippen LogP contribution in [0.3, 0.4) is 0 Å². The second-order valence-corrected chi connectivity index (χ2v) is 1.36. The SMILES string of the molecule is CC1=[C]OCCO1. The van der Waals surface area contributed by atoms with E-state index in [-0.39, 0.29) is 0 Å². The van der Waals surface area contributed by atoms with Gasteiger partial charge in [0, 0.05) is 0 Å². The maximum absolute atomic E-state index is 4.96. The molecule has 2 nitrogen and oxygen atoms in total. The van der Waals surface area contributed by atoms with Crippen LogP contribution >= 0.6 is 0 Å². The van der Waals surface area contributed by atoms with E-state index < -0.39 is 0 Å². The first-order valence-corrected chi connectivity index (χ1v) is 2.24. The fourth-order valence-electron chi connectivity index (χ4n) is 0.419. The van der Waals surface area contributed by atoms with Gasteiger partial charge in [0.15, 0.2) is 0 Å². The summed E-state index contributed by atoms with van der Waals surface area (Å²) in [6, 6.07) is 0. The molecule has 0 aromatic heterocycles. The van der Waals surface area contributed by atoms with Crippen LogP contribution in [0.1, 0.15) is 6.92 Å². The van der Waals surface area contributed by atoms with Gasteiger partial charge in [-0.1, -0.05) is 0 Å². The molecule has 0 aliphatic carbocycles. The molecule has 1 heterocycles. The Balaban J connectivity index is 2.40. The molecule has 0 atom stereocenters. The Hall–Kier alpha value is -0.660. The molecule has 0 bridgehead atoms. The summed E-state index contributed by atoms with van der Waals surface area (Å²) < 4.78 is 9.73. The third-order valence-electron chi connectivity index (χ3n) is 0.720. The van der Waals surface area contributed by atoms with Crippen LogP contribution in [0.15, 0.2) is 5.76 Å². The van der Waals surface area contributed by atoms with Crippen molar-refractivity contribution in [2.45, 2.75) is 6.92 Å². The molecule has 7 heavy (non-hydrogen) atoms. The monoisotopic (exact) mass is 99.0 g/mol. The standard InChI is InChI=1S/C5H7O2/c1-5-4-6-2-3-7-5/h2-3H2,1H3. The van der Waals surface area contributed by atoms with Crippen LogP contribution in [0, 0.1) is 6.26 Å². The van der Waals surface area contributed by atoms with E-state index in [1.807, 2.05) is 6.92 Å². The lowest BCUT2D eigenvalue weighted by Crippen LogP contribution is -2.06. The summed E-state index contributed by atoms with van der Waals surface area (Å²) in [6.45, 7) is 3.12. The fourth-order valence-corrected chi connectivity index (χ4v) is 0.419. The highest BCUT2D eigenvalue weighted by Crippen LogP contribution is 1.99. The predicted octanol–water partition coefficient (Wildman–Crippen LogP) is 0.698. The zero-order valence-corrected chi connectivity index (χ0v) is 4.23. The summed E-state index contributed by atoms with van der Waals surface area (Å²) in [5.74, 6) is 0.742. The van der Waals surface area contributed by atoms with Gasteiger partial charge in [0.05, 0.1) is 0 Å². The van der Waals surface area contributed by atoms with Crippen molar-refractivity contribution in [1.82, 2.24) is 0 Å². The van der Waals surface area contributed by atoms with Gasteiger partial charge in [-0.3, -0.25) is 0 Å². The first-order valence-electron chi connectivity index (χ1n) is 2.24. The van der Waals surface area contributed by atoms with Crippen LogP contribution in [0.25, 0.3) is 0 Å². The summed E-state index contributed by atoms with van der Waals surface area (Å²) >= 11 is 0. The van der Waals surface area contributed by atoms with Crippen molar-refractivity contribution in [3.63, 3.8) is 0 Å². The molecule has 39 valence electrons. The van der Waals surface area contributed by atoms with Crippen LogP contribution in [-0.2, 0) is 9.47 Å². The minimum atomic E-state index is 0.636. The summed E-state index contributed by atoms with van der Waals surface area (Å²) in [5.41, 5.74) is 0. The predicted molar refractivity (Wildman–Crippen MR) is 24.3 cm³/mol. The number of rotatable bonds is 0. The molecular weight excluding hydrogens is 92.1 g/mol. The van der Waals surface area contributed by atoms with Crippen LogP contribution in [0.5, 0.6) is 0 Å². The van der Waals surface area contributed by atoms with Gasteiger partial charge in [0.25, 0.3) is 0 Å². The second-order valence-electron chi connectivity index (χ2n) is 1.36. The van der Waals surface area contributed by atoms with Crippen molar-refractivity contribution in [2.75, 3.05) is 13.2 Å². The number of hydrogen-bond donors (Lipinski definition) is 0. The molecule has 0 saturated heterocycles. The molecule has 0 aromatic carbocycles. The highest BCUT2D eigenvalue weighted by molar-refractivity contribution is 4.76. The van der Waals surface area contributed by atoms with E-state index in [1.165, 1.54) is 0 Å². The molecule has 1 aliphatic rings. The average molecular weight is 99.1 g/mol. The van der Waals surface area contributed by atoms with Crippen molar-refractivity contribution in [3.05, 3.63) is 12.0 Å². The molecule has 1 rings (SSSR count). The lowest BCUT2D eigenvalue weighted by atomic mass is 10.6. The van der Waals surface area contributed by atoms with Gasteiger partial charge in [0.2, 0.25) is 6.26 Å². The van der Waals surface area contributed by atoms with Gasteiger partial charge in [0.1, 0.15) is 19.0 Å². The lowest BCUT2D eigenvalue weighted by Gasteiger charge is -2.09. The smallest absolute Gasteiger partial charge is 0.202 e. The van der Waals surface area contributed by atoms with Crippen molar-refractivity contribution in [1.29, 1.82) is 0 Å². The number of allylic oxidation sites excluding steroid dienone is 1. The zero-order valence-electron chi connectivity index (χ0n) is 4.23. The molecule has 0 unspecified atom stereocenters. The van der Waals surface area contributed by atoms with Crippen molar-refractivity contribution in [2.24, 2.45) is 0 Å². The topological polar surface area (TPSA) is 18.5 Å². The van der Waals surface area contributed by atoms with Gasteiger partial charge >= 0.3 is 0 Å². The van der Waals surface area contributed by atoms with E-state index in [4.69, 9.17) is 9.47 Å². The quantitative estimate of drug-likeness (QED) is 0.445. The number of ether oxygens (including phenoxy) is 2. The van der Waals surface area contributed by atoms with Crippen LogP contribution in [0.4, 0.5) is 0 Å². The van der Waals surface area contributed by atoms with Gasteiger partial charge in [-0.15, -0.1) is 0 Å². The Morgan fingerprint density at radius 2 is 2.43 bits per heavy atom. The molecule has 0 amide bonds. The van der Waals surface area contributed by atoms with Crippen LogP contribution in [-0.4, -0.2) is 13.2 Å². The molecule has 0 aromatic rings. The van der Waals surface area contributed by atoms with E-state index >= 15 is 0 Å². The highest BCUT2D eigenvalue weighted by Gasteiger charge is 1.96. The Labute approximate surface area is 42.7 Å². The summed E-state index contributed by atoms with van der Waals surface area (Å²) in [4.78, 5) is 0. The molecule has 0 fully saturated rings. The molecule has 0 N–H and O–H groups in total. The van der Waals surface area contributed by atoms with Crippen LogP contribution < -0.4 is 0 Å². The minimum absolute atomic E-state index is 0.636. The maximum atomic E-state index is 4.96.